The standard InChI is InChI=1S/C26H24N2O5/c1-32-15-6-8-17(9-7-15)33-16-4-2-14(3-5-16)27-22(29)13-28-25(30)23-18-10-11-19(21-12-20(18)21)24(23)26(28)31/h2-11,18-21,23-24H,12-13H2,1H3,(H,27,29)/t18-,19-,20-,21-,23+,24+/m0/s1. The lowest BCUT2D eigenvalue weighted by atomic mass is 9.63. The highest BCUT2D eigenvalue weighted by Gasteiger charge is 2.67. The Balaban J connectivity index is 1.08. The van der Waals surface area contributed by atoms with Gasteiger partial charge in [-0.15, -0.1) is 0 Å². The molecule has 4 aliphatic carbocycles. The third-order valence-corrected chi connectivity index (χ3v) is 7.49. The summed E-state index contributed by atoms with van der Waals surface area (Å²) in [5, 5.41) is 2.78. The van der Waals surface area contributed by atoms with Crippen LogP contribution >= 0.6 is 0 Å². The van der Waals surface area contributed by atoms with Gasteiger partial charge in [-0.2, -0.15) is 0 Å². The van der Waals surface area contributed by atoms with Gasteiger partial charge >= 0.3 is 0 Å². The minimum atomic E-state index is -0.385. The molecule has 0 spiro atoms. The SMILES string of the molecule is COc1ccc(Oc2ccc(NC(=O)CN3C(=O)[C@@H]4[C@H]5C=C[C@@H]([C@@H]6C[C@@H]56)[C@H]4C3=O)cc2)cc1. The van der Waals surface area contributed by atoms with E-state index in [0.29, 0.717) is 29.0 Å². The quantitative estimate of drug-likeness (QED) is 0.545. The minimum absolute atomic E-state index is 0.160. The molecule has 0 unspecified atom stereocenters. The molecule has 6 atom stereocenters. The number of nitrogens with zero attached hydrogens (tertiary/aromatic N) is 1. The van der Waals surface area contributed by atoms with Crippen molar-refractivity contribution in [2.45, 2.75) is 6.42 Å². The van der Waals surface area contributed by atoms with Crippen LogP contribution in [0.25, 0.3) is 0 Å². The molecule has 33 heavy (non-hydrogen) atoms. The van der Waals surface area contributed by atoms with Crippen LogP contribution in [0.15, 0.2) is 60.7 Å². The number of nitrogens with one attached hydrogen (secondary N) is 1. The Kier molecular flexibility index (Phi) is 4.54. The number of ether oxygens (including phenoxy) is 2. The highest BCUT2D eigenvalue weighted by molar-refractivity contribution is 6.09. The molecule has 3 fully saturated rings. The maximum atomic E-state index is 13.0. The molecule has 0 aromatic heterocycles. The zero-order chi connectivity index (χ0) is 22.7. The average molecular weight is 444 g/mol. The van der Waals surface area contributed by atoms with Crippen LogP contribution in [-0.4, -0.2) is 36.3 Å². The number of carbonyl (C=O) groups is 3. The number of likely N-dealkylation sites (tertiary alicyclic amines) is 1. The summed E-state index contributed by atoms with van der Waals surface area (Å²) < 4.78 is 10.9. The van der Waals surface area contributed by atoms with Gasteiger partial charge in [-0.3, -0.25) is 19.3 Å². The Morgan fingerprint density at radius 3 is 1.94 bits per heavy atom. The van der Waals surface area contributed by atoms with Crippen LogP contribution in [-0.2, 0) is 14.4 Å². The molecule has 3 amide bonds. The van der Waals surface area contributed by atoms with Crippen LogP contribution in [0.2, 0.25) is 0 Å². The molecule has 0 radical (unpaired) electrons. The molecular formula is C26H24N2O5. The number of rotatable bonds is 6. The van der Waals surface area contributed by atoms with Crippen LogP contribution < -0.4 is 14.8 Å². The van der Waals surface area contributed by atoms with E-state index in [1.165, 1.54) is 4.90 Å². The van der Waals surface area contributed by atoms with E-state index in [1.807, 2.05) is 12.1 Å². The summed E-state index contributed by atoms with van der Waals surface area (Å²) in [4.78, 5) is 39.8. The predicted molar refractivity (Wildman–Crippen MR) is 120 cm³/mol. The topological polar surface area (TPSA) is 84.9 Å². The lowest BCUT2D eigenvalue weighted by Crippen LogP contribution is -2.40. The van der Waals surface area contributed by atoms with Crippen molar-refractivity contribution in [2.75, 3.05) is 19.0 Å². The van der Waals surface area contributed by atoms with Crippen LogP contribution in [0.4, 0.5) is 5.69 Å². The van der Waals surface area contributed by atoms with E-state index >= 15 is 0 Å². The molecule has 7 rings (SSSR count). The molecule has 2 saturated carbocycles. The smallest absolute Gasteiger partial charge is 0.244 e. The molecule has 168 valence electrons. The van der Waals surface area contributed by atoms with Gasteiger partial charge in [-0.25, -0.2) is 0 Å². The first kappa shape index (κ1) is 20.0. The van der Waals surface area contributed by atoms with Gasteiger partial charge < -0.3 is 14.8 Å². The van der Waals surface area contributed by atoms with Gasteiger partial charge in [-0.1, -0.05) is 12.2 Å². The van der Waals surface area contributed by atoms with Crippen molar-refractivity contribution in [1.29, 1.82) is 0 Å². The summed E-state index contributed by atoms with van der Waals surface area (Å²) in [7, 11) is 1.61. The zero-order valence-corrected chi connectivity index (χ0v) is 18.1. The second kappa shape index (κ2) is 7.47. The highest BCUT2D eigenvalue weighted by Crippen LogP contribution is 2.65. The first-order valence-corrected chi connectivity index (χ1v) is 11.3. The van der Waals surface area contributed by atoms with Crippen molar-refractivity contribution in [3.05, 3.63) is 60.7 Å². The number of amides is 3. The normalized spacial score (nSPS) is 30.6. The van der Waals surface area contributed by atoms with Crippen LogP contribution in [0.5, 0.6) is 17.2 Å². The maximum Gasteiger partial charge on any atom is 0.244 e. The van der Waals surface area contributed by atoms with Gasteiger partial charge in [0.05, 0.1) is 18.9 Å². The van der Waals surface area contributed by atoms with Crippen LogP contribution in [0.1, 0.15) is 6.42 Å². The number of hydrogen-bond acceptors (Lipinski definition) is 5. The van der Waals surface area contributed by atoms with Gasteiger partial charge in [0.15, 0.2) is 0 Å². The van der Waals surface area contributed by atoms with Gasteiger partial charge in [0.1, 0.15) is 23.8 Å². The fraction of sp³-hybridized carbons (Fsp3) is 0.346. The van der Waals surface area contributed by atoms with E-state index < -0.39 is 0 Å². The summed E-state index contributed by atoms with van der Waals surface area (Å²) >= 11 is 0. The Morgan fingerprint density at radius 2 is 1.39 bits per heavy atom. The number of benzene rings is 2. The Bertz CT molecular complexity index is 1120. The molecule has 1 N–H and O–H groups in total. The second-order valence-corrected chi connectivity index (χ2v) is 9.27. The Morgan fingerprint density at radius 1 is 0.879 bits per heavy atom. The summed E-state index contributed by atoms with van der Waals surface area (Å²) in [5.41, 5.74) is 0.571. The number of methoxy groups -OCH3 is 1. The summed E-state index contributed by atoms with van der Waals surface area (Å²) in [6.45, 7) is -0.246. The van der Waals surface area contributed by atoms with Crippen molar-refractivity contribution in [3.63, 3.8) is 0 Å². The number of allylic oxidation sites excluding steroid dienone is 2. The lowest BCUT2D eigenvalue weighted by Gasteiger charge is -2.37. The fourth-order valence-electron chi connectivity index (χ4n) is 5.90. The summed E-state index contributed by atoms with van der Waals surface area (Å²) in [6.07, 6.45) is 5.38. The average Bonchev–Trinajstić information content (AvgIpc) is 3.62. The van der Waals surface area contributed by atoms with Crippen LogP contribution in [0.3, 0.4) is 0 Å². The third kappa shape index (κ3) is 3.30. The van der Waals surface area contributed by atoms with E-state index in [9.17, 15) is 14.4 Å². The fourth-order valence-corrected chi connectivity index (χ4v) is 5.90. The highest BCUT2D eigenvalue weighted by atomic mass is 16.5. The number of hydrogen-bond donors (Lipinski definition) is 1. The minimum Gasteiger partial charge on any atom is -0.497 e. The van der Waals surface area contributed by atoms with E-state index in [-0.39, 0.29) is 47.9 Å². The van der Waals surface area contributed by atoms with E-state index in [0.717, 1.165) is 12.2 Å². The number of anilines is 1. The van der Waals surface area contributed by atoms with E-state index in [2.05, 4.69) is 17.5 Å². The molecule has 7 heteroatoms. The van der Waals surface area contributed by atoms with Crippen LogP contribution in [0, 0.1) is 35.5 Å². The van der Waals surface area contributed by atoms with Crippen molar-refractivity contribution >= 4 is 23.4 Å². The van der Waals surface area contributed by atoms with Gasteiger partial charge in [-0.05, 0) is 78.6 Å². The monoisotopic (exact) mass is 444 g/mol. The van der Waals surface area contributed by atoms with Gasteiger partial charge in [0, 0.05) is 5.69 Å². The molecule has 2 aromatic carbocycles. The largest absolute Gasteiger partial charge is 0.497 e. The molecule has 7 nitrogen and oxygen atoms in total. The summed E-state index contributed by atoms with van der Waals surface area (Å²) in [6, 6.07) is 14.2. The van der Waals surface area contributed by atoms with Gasteiger partial charge in [0.25, 0.3) is 0 Å². The first-order chi connectivity index (χ1) is 16.0. The molecule has 1 aliphatic heterocycles. The number of carbonyl (C=O) groups excluding carboxylic acids is 3. The predicted octanol–water partition coefficient (Wildman–Crippen LogP) is 3.48. The lowest BCUT2D eigenvalue weighted by molar-refractivity contribution is -0.142. The zero-order valence-electron chi connectivity index (χ0n) is 18.1. The van der Waals surface area contributed by atoms with E-state index in [1.54, 1.807) is 43.5 Å². The molecule has 1 heterocycles. The molecule has 2 aromatic rings. The second-order valence-electron chi connectivity index (χ2n) is 9.27. The van der Waals surface area contributed by atoms with Crippen molar-refractivity contribution in [1.82, 2.24) is 4.90 Å². The Labute approximate surface area is 191 Å². The van der Waals surface area contributed by atoms with Crippen molar-refractivity contribution in [2.24, 2.45) is 35.5 Å². The number of imide groups is 1. The molecule has 1 saturated heterocycles. The van der Waals surface area contributed by atoms with Gasteiger partial charge in [0.2, 0.25) is 17.7 Å². The van der Waals surface area contributed by atoms with E-state index in [4.69, 9.17) is 9.47 Å². The van der Waals surface area contributed by atoms with Crippen molar-refractivity contribution in [3.8, 4) is 17.2 Å². The molecule has 5 aliphatic rings. The van der Waals surface area contributed by atoms with Crippen molar-refractivity contribution < 1.29 is 23.9 Å². The Hall–Kier alpha value is -3.61. The molecular weight excluding hydrogens is 420 g/mol. The third-order valence-electron chi connectivity index (χ3n) is 7.49. The first-order valence-electron chi connectivity index (χ1n) is 11.3. The molecule has 2 bridgehead atoms. The summed E-state index contributed by atoms with van der Waals surface area (Å²) in [5.74, 6) is 2.13. The maximum absolute atomic E-state index is 13.0.